The van der Waals surface area contributed by atoms with Gasteiger partial charge in [-0.25, -0.2) is 0 Å². The van der Waals surface area contributed by atoms with Gasteiger partial charge in [-0.05, 0) is 84.2 Å². The van der Waals surface area contributed by atoms with E-state index in [0.29, 0.717) is 11.5 Å². The highest BCUT2D eigenvalue weighted by molar-refractivity contribution is 5.77. The molecule has 2 N–H and O–H groups in total. The number of phenolic OH excluding ortho intramolecular Hbond substituents is 2. The number of allylic oxidation sites excluding steroid dienone is 2. The summed E-state index contributed by atoms with van der Waals surface area (Å²) >= 11 is 0. The van der Waals surface area contributed by atoms with Gasteiger partial charge in [-0.3, -0.25) is 0 Å². The number of phenols is 2. The summed E-state index contributed by atoms with van der Waals surface area (Å²) in [5, 5.41) is 19.6. The van der Waals surface area contributed by atoms with Gasteiger partial charge in [0.2, 0.25) is 0 Å². The minimum atomic E-state index is 0.149. The van der Waals surface area contributed by atoms with E-state index in [4.69, 9.17) is 0 Å². The van der Waals surface area contributed by atoms with Crippen LogP contribution in [0.5, 0.6) is 11.5 Å². The lowest BCUT2D eigenvalue weighted by Gasteiger charge is -2.38. The molecular formula is C21H22O2. The Morgan fingerprint density at radius 3 is 2.43 bits per heavy atom. The summed E-state index contributed by atoms with van der Waals surface area (Å²) in [6.45, 7) is 2.18. The molecule has 0 amide bonds. The quantitative estimate of drug-likeness (QED) is 0.807. The van der Waals surface area contributed by atoms with Crippen molar-refractivity contribution in [1.82, 2.24) is 0 Å². The summed E-state index contributed by atoms with van der Waals surface area (Å²) in [5.74, 6) is 0.720. The molecule has 0 bridgehead atoms. The van der Waals surface area contributed by atoms with E-state index in [2.05, 4.69) is 25.1 Å². The van der Waals surface area contributed by atoms with Crippen LogP contribution in [0, 0.1) is 5.41 Å². The number of fused-ring (bicyclic) bond motifs is 2. The number of hydrogen-bond acceptors (Lipinski definition) is 2. The molecule has 2 aromatic rings. The van der Waals surface area contributed by atoms with Gasteiger partial charge in [0.25, 0.3) is 0 Å². The van der Waals surface area contributed by atoms with Crippen LogP contribution in [0.15, 0.2) is 42.5 Å². The minimum absolute atomic E-state index is 0.149. The predicted molar refractivity (Wildman–Crippen MR) is 92.6 cm³/mol. The Morgan fingerprint density at radius 2 is 1.65 bits per heavy atom. The molecule has 0 radical (unpaired) electrons. The standard InChI is InChI=1S/C21H22O2/c1-2-3-20-19-7-6-18(23)10-14(19)8-9-21(20)12-15-4-5-17(22)11-16(15)13-21/h3-7,10-11,22-23H,2,8-9,12-13H2,1H3/b20-3-. The summed E-state index contributed by atoms with van der Waals surface area (Å²) < 4.78 is 0. The third-order valence-corrected chi connectivity index (χ3v) is 5.48. The first-order valence-corrected chi connectivity index (χ1v) is 8.45. The van der Waals surface area contributed by atoms with Crippen LogP contribution >= 0.6 is 0 Å². The van der Waals surface area contributed by atoms with Crippen LogP contribution in [0.3, 0.4) is 0 Å². The molecule has 1 atom stereocenters. The molecule has 2 aromatic carbocycles. The molecule has 0 saturated heterocycles. The monoisotopic (exact) mass is 306 g/mol. The van der Waals surface area contributed by atoms with E-state index in [1.54, 1.807) is 12.1 Å². The van der Waals surface area contributed by atoms with Gasteiger partial charge < -0.3 is 10.2 Å². The van der Waals surface area contributed by atoms with Crippen LogP contribution in [0.1, 0.15) is 42.0 Å². The topological polar surface area (TPSA) is 40.5 Å². The predicted octanol–water partition coefficient (Wildman–Crippen LogP) is 4.62. The number of aryl methyl sites for hydroxylation is 1. The second kappa shape index (κ2) is 5.16. The van der Waals surface area contributed by atoms with Crippen LogP contribution in [0.2, 0.25) is 0 Å². The van der Waals surface area contributed by atoms with Crippen LogP contribution in [-0.2, 0) is 19.3 Å². The molecule has 2 aliphatic rings. The molecule has 2 heteroatoms. The molecule has 23 heavy (non-hydrogen) atoms. The lowest BCUT2D eigenvalue weighted by atomic mass is 9.65. The molecule has 2 nitrogen and oxygen atoms in total. The molecule has 0 heterocycles. The number of hydrogen-bond donors (Lipinski definition) is 2. The van der Waals surface area contributed by atoms with Gasteiger partial charge in [-0.1, -0.05) is 25.1 Å². The summed E-state index contributed by atoms with van der Waals surface area (Å²) in [4.78, 5) is 0. The van der Waals surface area contributed by atoms with E-state index in [9.17, 15) is 10.2 Å². The smallest absolute Gasteiger partial charge is 0.115 e. The Morgan fingerprint density at radius 1 is 0.957 bits per heavy atom. The third kappa shape index (κ3) is 2.24. The van der Waals surface area contributed by atoms with Crippen molar-refractivity contribution in [1.29, 1.82) is 0 Å². The fraction of sp³-hybridized carbons (Fsp3) is 0.333. The lowest BCUT2D eigenvalue weighted by Crippen LogP contribution is -2.28. The van der Waals surface area contributed by atoms with E-state index in [-0.39, 0.29) is 5.41 Å². The first-order chi connectivity index (χ1) is 11.1. The van der Waals surface area contributed by atoms with E-state index in [0.717, 1.165) is 32.1 Å². The van der Waals surface area contributed by atoms with Crippen molar-refractivity contribution in [3.63, 3.8) is 0 Å². The molecule has 4 rings (SSSR count). The van der Waals surface area contributed by atoms with Crippen molar-refractivity contribution in [2.75, 3.05) is 0 Å². The summed E-state index contributed by atoms with van der Waals surface area (Å²) in [6, 6.07) is 11.6. The van der Waals surface area contributed by atoms with Crippen molar-refractivity contribution < 1.29 is 10.2 Å². The highest BCUT2D eigenvalue weighted by Gasteiger charge is 2.43. The van der Waals surface area contributed by atoms with Crippen molar-refractivity contribution in [3.8, 4) is 11.5 Å². The van der Waals surface area contributed by atoms with Gasteiger partial charge in [-0.2, -0.15) is 0 Å². The van der Waals surface area contributed by atoms with E-state index in [1.807, 2.05) is 12.1 Å². The average molecular weight is 306 g/mol. The second-order valence-electron chi connectivity index (χ2n) is 6.95. The molecule has 2 aliphatic carbocycles. The largest absolute Gasteiger partial charge is 0.508 e. The molecule has 0 aromatic heterocycles. The molecule has 118 valence electrons. The summed E-state index contributed by atoms with van der Waals surface area (Å²) in [6.07, 6.45) is 7.53. The molecule has 1 unspecified atom stereocenters. The number of rotatable bonds is 1. The van der Waals surface area contributed by atoms with Crippen molar-refractivity contribution in [3.05, 3.63) is 64.7 Å². The highest BCUT2D eigenvalue weighted by atomic mass is 16.3. The van der Waals surface area contributed by atoms with Gasteiger partial charge >= 0.3 is 0 Å². The summed E-state index contributed by atoms with van der Waals surface area (Å²) in [7, 11) is 0. The van der Waals surface area contributed by atoms with Gasteiger partial charge in [0.05, 0.1) is 0 Å². The normalized spacial score (nSPS) is 24.0. The molecule has 0 fully saturated rings. The zero-order chi connectivity index (χ0) is 16.0. The number of benzene rings is 2. The lowest BCUT2D eigenvalue weighted by molar-refractivity contribution is 0.377. The van der Waals surface area contributed by atoms with Crippen LogP contribution < -0.4 is 0 Å². The van der Waals surface area contributed by atoms with E-state index < -0.39 is 0 Å². The number of aromatic hydroxyl groups is 2. The molecular weight excluding hydrogens is 284 g/mol. The van der Waals surface area contributed by atoms with E-state index in [1.165, 1.54) is 27.8 Å². The molecule has 1 spiro atoms. The zero-order valence-electron chi connectivity index (χ0n) is 13.5. The molecule has 0 aliphatic heterocycles. The SMILES string of the molecule is CC/C=C1/c2ccc(O)cc2CCC12Cc1ccc(O)cc1C2. The highest BCUT2D eigenvalue weighted by Crippen LogP contribution is 2.53. The van der Waals surface area contributed by atoms with Gasteiger partial charge in [-0.15, -0.1) is 0 Å². The Hall–Kier alpha value is -2.22. The Bertz CT molecular complexity index is 803. The van der Waals surface area contributed by atoms with Crippen LogP contribution in [0.25, 0.3) is 5.57 Å². The fourth-order valence-electron chi connectivity index (χ4n) is 4.48. The van der Waals surface area contributed by atoms with Gasteiger partial charge in [0.1, 0.15) is 11.5 Å². The van der Waals surface area contributed by atoms with Crippen molar-refractivity contribution >= 4 is 5.57 Å². The van der Waals surface area contributed by atoms with Crippen LogP contribution in [0.4, 0.5) is 0 Å². The minimum Gasteiger partial charge on any atom is -0.508 e. The Kier molecular flexibility index (Phi) is 3.22. The zero-order valence-corrected chi connectivity index (χ0v) is 13.5. The Labute approximate surface area is 137 Å². The summed E-state index contributed by atoms with van der Waals surface area (Å²) in [5.41, 5.74) is 6.79. The first kappa shape index (κ1) is 14.4. The van der Waals surface area contributed by atoms with E-state index >= 15 is 0 Å². The van der Waals surface area contributed by atoms with Gasteiger partial charge in [0.15, 0.2) is 0 Å². The first-order valence-electron chi connectivity index (χ1n) is 8.45. The third-order valence-electron chi connectivity index (χ3n) is 5.48. The maximum absolute atomic E-state index is 9.80. The maximum atomic E-state index is 9.80. The Balaban J connectivity index is 1.81. The van der Waals surface area contributed by atoms with Gasteiger partial charge in [0, 0.05) is 5.41 Å². The van der Waals surface area contributed by atoms with Crippen molar-refractivity contribution in [2.24, 2.45) is 5.41 Å². The maximum Gasteiger partial charge on any atom is 0.115 e. The average Bonchev–Trinajstić information content (AvgIpc) is 2.88. The fourth-order valence-corrected chi connectivity index (χ4v) is 4.48. The molecule has 0 saturated carbocycles. The van der Waals surface area contributed by atoms with Crippen molar-refractivity contribution in [2.45, 2.75) is 39.0 Å². The second-order valence-corrected chi connectivity index (χ2v) is 6.95. The van der Waals surface area contributed by atoms with Crippen LogP contribution in [-0.4, -0.2) is 10.2 Å².